The number of hydrogen-bond donors (Lipinski definition) is 2. The molecule has 2 rings (SSSR count). The molecular weight excluding hydrogens is 485 g/mol. The summed E-state index contributed by atoms with van der Waals surface area (Å²) < 4.78 is 17.9. The van der Waals surface area contributed by atoms with E-state index in [0.717, 1.165) is 62.6 Å². The summed E-state index contributed by atoms with van der Waals surface area (Å²) in [5, 5.41) is 7.22. The SMILES string of the molecule is CCCCOc1cccc(CNC(=NC)NC2CCCC(S(=O)CC)C2)c1.I. The molecule has 1 fully saturated rings. The molecule has 0 radical (unpaired) electrons. The summed E-state index contributed by atoms with van der Waals surface area (Å²) in [6.07, 6.45) is 6.49. The molecule has 3 unspecified atom stereocenters. The second kappa shape index (κ2) is 14.2. The highest BCUT2D eigenvalue weighted by Gasteiger charge is 2.25. The second-order valence-corrected chi connectivity index (χ2v) is 9.08. The zero-order valence-electron chi connectivity index (χ0n) is 17.4. The van der Waals surface area contributed by atoms with Gasteiger partial charge in [-0.3, -0.25) is 9.20 Å². The number of halogens is 1. The summed E-state index contributed by atoms with van der Waals surface area (Å²) >= 11 is 0. The van der Waals surface area contributed by atoms with Crippen molar-refractivity contribution in [2.75, 3.05) is 19.4 Å². The molecule has 0 saturated heterocycles. The van der Waals surface area contributed by atoms with E-state index < -0.39 is 10.8 Å². The molecule has 28 heavy (non-hydrogen) atoms. The quantitative estimate of drug-likeness (QED) is 0.221. The van der Waals surface area contributed by atoms with E-state index in [-0.39, 0.29) is 24.0 Å². The van der Waals surface area contributed by atoms with Crippen LogP contribution in [0.1, 0.15) is 57.9 Å². The third-order valence-corrected chi connectivity index (χ3v) is 6.71. The minimum Gasteiger partial charge on any atom is -0.494 e. The summed E-state index contributed by atoms with van der Waals surface area (Å²) in [7, 11) is 1.09. The van der Waals surface area contributed by atoms with Crippen molar-refractivity contribution in [2.24, 2.45) is 4.99 Å². The van der Waals surface area contributed by atoms with Gasteiger partial charge in [-0.05, 0) is 43.4 Å². The van der Waals surface area contributed by atoms with Gasteiger partial charge in [0.15, 0.2) is 5.96 Å². The third-order valence-electron chi connectivity index (χ3n) is 4.97. The van der Waals surface area contributed by atoms with Crippen LogP contribution in [0.2, 0.25) is 0 Å². The van der Waals surface area contributed by atoms with Crippen molar-refractivity contribution in [2.45, 2.75) is 70.2 Å². The highest BCUT2D eigenvalue weighted by atomic mass is 127. The van der Waals surface area contributed by atoms with Crippen molar-refractivity contribution in [1.82, 2.24) is 10.6 Å². The van der Waals surface area contributed by atoms with E-state index in [0.29, 0.717) is 17.8 Å². The van der Waals surface area contributed by atoms with Crippen LogP contribution in [0.5, 0.6) is 5.75 Å². The maximum Gasteiger partial charge on any atom is 0.191 e. The molecule has 2 N–H and O–H groups in total. The number of rotatable bonds is 9. The van der Waals surface area contributed by atoms with E-state index in [4.69, 9.17) is 4.74 Å². The number of guanidine groups is 1. The van der Waals surface area contributed by atoms with Gasteiger partial charge in [0.25, 0.3) is 0 Å². The number of ether oxygens (including phenoxy) is 1. The predicted molar refractivity (Wildman–Crippen MR) is 130 cm³/mol. The molecule has 0 aromatic heterocycles. The van der Waals surface area contributed by atoms with Crippen LogP contribution in [0, 0.1) is 0 Å². The molecular formula is C21H36IN3O2S. The highest BCUT2D eigenvalue weighted by Crippen LogP contribution is 2.23. The first-order valence-electron chi connectivity index (χ1n) is 10.2. The lowest BCUT2D eigenvalue weighted by Crippen LogP contribution is -2.46. The second-order valence-electron chi connectivity index (χ2n) is 7.07. The first kappa shape index (κ1) is 25.2. The van der Waals surface area contributed by atoms with Gasteiger partial charge in [0.2, 0.25) is 0 Å². The Bertz CT molecular complexity index is 627. The maximum absolute atomic E-state index is 12.1. The summed E-state index contributed by atoms with van der Waals surface area (Å²) in [4.78, 5) is 4.36. The van der Waals surface area contributed by atoms with E-state index in [1.54, 1.807) is 7.05 Å². The Morgan fingerprint density at radius 2 is 2.14 bits per heavy atom. The lowest BCUT2D eigenvalue weighted by Gasteiger charge is -2.30. The maximum atomic E-state index is 12.1. The van der Waals surface area contributed by atoms with Gasteiger partial charge in [-0.1, -0.05) is 38.8 Å². The Morgan fingerprint density at radius 1 is 1.32 bits per heavy atom. The van der Waals surface area contributed by atoms with Gasteiger partial charge >= 0.3 is 0 Å². The molecule has 0 bridgehead atoms. The number of aliphatic imine (C=N–C) groups is 1. The number of hydrogen-bond acceptors (Lipinski definition) is 3. The molecule has 1 saturated carbocycles. The van der Waals surface area contributed by atoms with E-state index in [9.17, 15) is 4.21 Å². The van der Waals surface area contributed by atoms with Gasteiger partial charge in [0.05, 0.1) is 6.61 Å². The Hall–Kier alpha value is -0.830. The topological polar surface area (TPSA) is 62.7 Å². The fraction of sp³-hybridized carbons (Fsp3) is 0.667. The molecule has 1 aromatic rings. The molecule has 5 nitrogen and oxygen atoms in total. The van der Waals surface area contributed by atoms with Crippen LogP contribution >= 0.6 is 24.0 Å². The van der Waals surface area contributed by atoms with E-state index in [1.807, 2.05) is 19.1 Å². The van der Waals surface area contributed by atoms with Gasteiger partial charge in [-0.15, -0.1) is 24.0 Å². The standard InChI is InChI=1S/C21H35N3O2S.HI/c1-4-6-13-26-19-11-7-9-17(14-19)16-23-21(22-3)24-18-10-8-12-20(15-18)27(25)5-2;/h7,9,11,14,18,20H,4-6,8,10,12-13,15-16H2,1-3H3,(H2,22,23,24);1H. The molecule has 1 aromatic carbocycles. The molecule has 0 amide bonds. The first-order chi connectivity index (χ1) is 13.2. The normalized spacial score (nSPS) is 20.8. The minimum absolute atomic E-state index is 0. The van der Waals surface area contributed by atoms with Gasteiger partial charge in [0, 0.05) is 41.4 Å². The molecule has 1 aliphatic rings. The van der Waals surface area contributed by atoms with Crippen molar-refractivity contribution >= 4 is 40.7 Å². The largest absolute Gasteiger partial charge is 0.494 e. The number of unbranched alkanes of at least 4 members (excludes halogenated alkanes) is 1. The van der Waals surface area contributed by atoms with Crippen molar-refractivity contribution in [1.29, 1.82) is 0 Å². The summed E-state index contributed by atoms with van der Waals surface area (Å²) in [6.45, 7) is 5.63. The van der Waals surface area contributed by atoms with Crippen LogP contribution in [-0.2, 0) is 17.3 Å². The van der Waals surface area contributed by atoms with Crippen LogP contribution in [-0.4, -0.2) is 40.9 Å². The van der Waals surface area contributed by atoms with Crippen LogP contribution in [0.4, 0.5) is 0 Å². The summed E-state index contributed by atoms with van der Waals surface area (Å²) in [5.74, 6) is 2.48. The van der Waals surface area contributed by atoms with Crippen LogP contribution in [0.15, 0.2) is 29.3 Å². The third kappa shape index (κ3) is 8.68. The van der Waals surface area contributed by atoms with Crippen molar-refractivity contribution in [3.63, 3.8) is 0 Å². The fourth-order valence-corrected chi connectivity index (χ4v) is 4.75. The van der Waals surface area contributed by atoms with Gasteiger partial charge in [0.1, 0.15) is 5.75 Å². The molecule has 3 atom stereocenters. The number of nitrogens with zero attached hydrogens (tertiary/aromatic N) is 1. The zero-order valence-corrected chi connectivity index (χ0v) is 20.6. The van der Waals surface area contributed by atoms with Crippen LogP contribution in [0.25, 0.3) is 0 Å². The zero-order chi connectivity index (χ0) is 19.5. The first-order valence-corrected chi connectivity index (χ1v) is 11.6. The summed E-state index contributed by atoms with van der Waals surface area (Å²) in [5.41, 5.74) is 1.17. The molecule has 7 heteroatoms. The van der Waals surface area contributed by atoms with E-state index in [1.165, 1.54) is 5.56 Å². The van der Waals surface area contributed by atoms with E-state index >= 15 is 0 Å². The van der Waals surface area contributed by atoms with Gasteiger partial charge in [-0.25, -0.2) is 0 Å². The summed E-state index contributed by atoms with van der Waals surface area (Å²) in [6, 6.07) is 8.54. The van der Waals surface area contributed by atoms with Crippen LogP contribution < -0.4 is 15.4 Å². The fourth-order valence-electron chi connectivity index (χ4n) is 3.40. The van der Waals surface area contributed by atoms with Crippen molar-refractivity contribution in [3.8, 4) is 5.75 Å². The average Bonchev–Trinajstić information content (AvgIpc) is 2.71. The molecule has 0 heterocycles. The number of nitrogens with one attached hydrogen (secondary N) is 2. The molecule has 0 spiro atoms. The smallest absolute Gasteiger partial charge is 0.191 e. The van der Waals surface area contributed by atoms with Crippen LogP contribution in [0.3, 0.4) is 0 Å². The monoisotopic (exact) mass is 521 g/mol. The lowest BCUT2D eigenvalue weighted by molar-refractivity contribution is 0.309. The van der Waals surface area contributed by atoms with Gasteiger partial charge < -0.3 is 15.4 Å². The Morgan fingerprint density at radius 3 is 2.86 bits per heavy atom. The number of benzene rings is 1. The minimum atomic E-state index is -0.705. The average molecular weight is 522 g/mol. The Kier molecular flexibility index (Phi) is 12.8. The molecule has 160 valence electrons. The molecule has 1 aliphatic carbocycles. The van der Waals surface area contributed by atoms with Gasteiger partial charge in [-0.2, -0.15) is 0 Å². The predicted octanol–water partition coefficient (Wildman–Crippen LogP) is 4.23. The Labute approximate surface area is 190 Å². The molecule has 0 aliphatic heterocycles. The highest BCUT2D eigenvalue weighted by molar-refractivity contribution is 14.0. The lowest BCUT2D eigenvalue weighted by atomic mass is 9.95. The van der Waals surface area contributed by atoms with Crippen molar-refractivity contribution in [3.05, 3.63) is 29.8 Å². The van der Waals surface area contributed by atoms with E-state index in [2.05, 4.69) is 34.7 Å². The van der Waals surface area contributed by atoms with Crippen molar-refractivity contribution < 1.29 is 8.95 Å². The Balaban J connectivity index is 0.00000392.